The van der Waals surface area contributed by atoms with Gasteiger partial charge in [-0.3, -0.25) is 0 Å². The van der Waals surface area contributed by atoms with Gasteiger partial charge in [-0.15, -0.1) is 11.3 Å². The van der Waals surface area contributed by atoms with E-state index in [1.165, 1.54) is 11.3 Å². The molecule has 0 saturated heterocycles. The molecule has 9 heavy (non-hydrogen) atoms. The fraction of sp³-hybridized carbons (Fsp3) is 0.167. The SMILES string of the molecule is [CH2]Cc1csc(C#N)n1. The molecule has 0 N–H and O–H groups in total. The zero-order valence-corrected chi connectivity index (χ0v) is 5.61. The maximum atomic E-state index is 8.32. The van der Waals surface area contributed by atoms with Crippen LogP contribution in [0, 0.1) is 18.3 Å². The maximum absolute atomic E-state index is 8.32. The number of aromatic nitrogens is 1. The number of nitrogens with zero attached hydrogens (tertiary/aromatic N) is 2. The molecule has 0 fully saturated rings. The first-order chi connectivity index (χ1) is 4.36. The van der Waals surface area contributed by atoms with E-state index >= 15 is 0 Å². The van der Waals surface area contributed by atoms with Crippen LogP contribution in [0.2, 0.25) is 0 Å². The van der Waals surface area contributed by atoms with Crippen LogP contribution < -0.4 is 0 Å². The monoisotopic (exact) mass is 137 g/mol. The molecule has 0 spiro atoms. The first-order valence-electron chi connectivity index (χ1n) is 2.50. The van der Waals surface area contributed by atoms with Gasteiger partial charge in [0, 0.05) is 5.38 Å². The largest absolute Gasteiger partial charge is 0.231 e. The van der Waals surface area contributed by atoms with Crippen LogP contribution in [-0.2, 0) is 6.42 Å². The standard InChI is InChI=1S/C6H5N2S/c1-2-5-4-9-6(3-7)8-5/h4H,1-2H2. The van der Waals surface area contributed by atoms with Crippen LogP contribution >= 0.6 is 11.3 Å². The van der Waals surface area contributed by atoms with Crippen molar-refractivity contribution in [3.63, 3.8) is 0 Å². The predicted octanol–water partition coefficient (Wildman–Crippen LogP) is 1.39. The Morgan fingerprint density at radius 1 is 1.89 bits per heavy atom. The first-order valence-corrected chi connectivity index (χ1v) is 3.38. The van der Waals surface area contributed by atoms with Gasteiger partial charge in [-0.25, -0.2) is 4.98 Å². The molecule has 0 aliphatic rings. The summed E-state index contributed by atoms with van der Waals surface area (Å²) in [6.45, 7) is 3.64. The third-order valence-electron chi connectivity index (χ3n) is 0.904. The molecular weight excluding hydrogens is 132 g/mol. The topological polar surface area (TPSA) is 36.7 Å². The van der Waals surface area contributed by atoms with Crippen molar-refractivity contribution >= 4 is 11.3 Å². The summed E-state index contributed by atoms with van der Waals surface area (Å²) in [5.41, 5.74) is 0.900. The third-order valence-corrected chi connectivity index (χ3v) is 1.70. The second-order valence-corrected chi connectivity index (χ2v) is 2.36. The molecule has 3 heteroatoms. The lowest BCUT2D eigenvalue weighted by atomic mass is 10.4. The number of thiazole rings is 1. The zero-order chi connectivity index (χ0) is 6.69. The van der Waals surface area contributed by atoms with Crippen molar-refractivity contribution in [1.29, 1.82) is 5.26 Å². The molecule has 2 nitrogen and oxygen atoms in total. The van der Waals surface area contributed by atoms with E-state index in [2.05, 4.69) is 11.9 Å². The van der Waals surface area contributed by atoms with Crippen LogP contribution in [-0.4, -0.2) is 4.98 Å². The molecule has 0 bridgehead atoms. The molecule has 0 aliphatic carbocycles. The summed E-state index contributed by atoms with van der Waals surface area (Å²) < 4.78 is 0. The molecule has 0 aromatic carbocycles. The normalized spacial score (nSPS) is 8.89. The average molecular weight is 137 g/mol. The molecule has 1 heterocycles. The molecular formula is C6H5N2S. The van der Waals surface area contributed by atoms with E-state index in [9.17, 15) is 0 Å². The predicted molar refractivity (Wildman–Crippen MR) is 35.9 cm³/mol. The molecule has 1 aromatic heterocycles. The number of hydrogen-bond donors (Lipinski definition) is 0. The minimum absolute atomic E-state index is 0.522. The van der Waals surface area contributed by atoms with E-state index in [-0.39, 0.29) is 0 Å². The van der Waals surface area contributed by atoms with Gasteiger partial charge >= 0.3 is 0 Å². The van der Waals surface area contributed by atoms with Crippen molar-refractivity contribution in [2.75, 3.05) is 0 Å². The highest BCUT2D eigenvalue weighted by Gasteiger charge is 1.95. The molecule has 0 saturated carbocycles. The molecule has 0 atom stereocenters. The third kappa shape index (κ3) is 1.27. The van der Waals surface area contributed by atoms with Gasteiger partial charge in [-0.05, 0) is 13.3 Å². The summed E-state index contributed by atoms with van der Waals surface area (Å²) in [6.07, 6.45) is 0.665. The highest BCUT2D eigenvalue weighted by Crippen LogP contribution is 2.07. The van der Waals surface area contributed by atoms with Gasteiger partial charge in [0.1, 0.15) is 6.07 Å². The second-order valence-electron chi connectivity index (χ2n) is 1.51. The van der Waals surface area contributed by atoms with Crippen LogP contribution in [0.25, 0.3) is 0 Å². The molecule has 0 aliphatic heterocycles. The Kier molecular flexibility index (Phi) is 1.81. The van der Waals surface area contributed by atoms with Crippen molar-refractivity contribution in [3.8, 4) is 6.07 Å². The fourth-order valence-electron chi connectivity index (χ4n) is 0.473. The van der Waals surface area contributed by atoms with Crippen molar-refractivity contribution < 1.29 is 0 Å². The summed E-state index contributed by atoms with van der Waals surface area (Å²) in [5.74, 6) is 0. The van der Waals surface area contributed by atoms with Crippen LogP contribution in [0.5, 0.6) is 0 Å². The minimum atomic E-state index is 0.522. The molecule has 45 valence electrons. The lowest BCUT2D eigenvalue weighted by Gasteiger charge is -1.78. The minimum Gasteiger partial charge on any atom is -0.231 e. The Bertz CT molecular complexity index is 233. The van der Waals surface area contributed by atoms with E-state index in [1.807, 2.05) is 11.4 Å². The molecule has 0 unspecified atom stereocenters. The van der Waals surface area contributed by atoms with Gasteiger partial charge in [-0.2, -0.15) is 5.26 Å². The zero-order valence-electron chi connectivity index (χ0n) is 4.79. The quantitative estimate of drug-likeness (QED) is 0.586. The summed E-state index contributed by atoms with van der Waals surface area (Å²) >= 11 is 1.36. The maximum Gasteiger partial charge on any atom is 0.194 e. The number of nitriles is 1. The average Bonchev–Trinajstić information content (AvgIpc) is 2.34. The summed E-state index contributed by atoms with van der Waals surface area (Å²) in [4.78, 5) is 3.94. The van der Waals surface area contributed by atoms with Crippen LogP contribution in [0.15, 0.2) is 5.38 Å². The van der Waals surface area contributed by atoms with Gasteiger partial charge in [0.15, 0.2) is 5.01 Å². The van der Waals surface area contributed by atoms with Crippen molar-refractivity contribution in [2.45, 2.75) is 6.42 Å². The first kappa shape index (κ1) is 6.24. The molecule has 1 rings (SSSR count). The van der Waals surface area contributed by atoms with Gasteiger partial charge in [0.05, 0.1) is 5.69 Å². The van der Waals surface area contributed by atoms with Gasteiger partial charge in [0.2, 0.25) is 0 Å². The summed E-state index contributed by atoms with van der Waals surface area (Å²) in [7, 11) is 0. The summed E-state index contributed by atoms with van der Waals surface area (Å²) in [5, 5.41) is 10.7. The lowest BCUT2D eigenvalue weighted by molar-refractivity contribution is 1.14. The van der Waals surface area contributed by atoms with Gasteiger partial charge in [0.25, 0.3) is 0 Å². The highest BCUT2D eigenvalue weighted by atomic mass is 32.1. The number of hydrogen-bond acceptors (Lipinski definition) is 3. The van der Waals surface area contributed by atoms with Crippen LogP contribution in [0.3, 0.4) is 0 Å². The Labute approximate surface area is 57.8 Å². The van der Waals surface area contributed by atoms with Gasteiger partial charge in [-0.1, -0.05) is 0 Å². The Balaban J connectivity index is 2.90. The van der Waals surface area contributed by atoms with Gasteiger partial charge < -0.3 is 0 Å². The Morgan fingerprint density at radius 2 is 2.67 bits per heavy atom. The Morgan fingerprint density at radius 3 is 3.00 bits per heavy atom. The van der Waals surface area contributed by atoms with E-state index in [4.69, 9.17) is 5.26 Å². The van der Waals surface area contributed by atoms with E-state index < -0.39 is 0 Å². The molecule has 1 radical (unpaired) electrons. The molecule has 0 amide bonds. The van der Waals surface area contributed by atoms with Crippen LogP contribution in [0.1, 0.15) is 10.7 Å². The van der Waals surface area contributed by atoms with E-state index in [0.29, 0.717) is 11.4 Å². The van der Waals surface area contributed by atoms with Crippen molar-refractivity contribution in [2.24, 2.45) is 0 Å². The lowest BCUT2D eigenvalue weighted by Crippen LogP contribution is -1.78. The Hall–Kier alpha value is -0.880. The fourth-order valence-corrected chi connectivity index (χ4v) is 1.11. The number of rotatable bonds is 1. The highest BCUT2D eigenvalue weighted by molar-refractivity contribution is 7.10. The second kappa shape index (κ2) is 2.60. The smallest absolute Gasteiger partial charge is 0.194 e. The van der Waals surface area contributed by atoms with E-state index in [0.717, 1.165) is 5.69 Å². The van der Waals surface area contributed by atoms with Crippen LogP contribution in [0.4, 0.5) is 0 Å². The van der Waals surface area contributed by atoms with E-state index in [1.54, 1.807) is 0 Å². The molecule has 1 aromatic rings. The summed E-state index contributed by atoms with van der Waals surface area (Å²) in [6, 6.07) is 1.96. The van der Waals surface area contributed by atoms with Crippen molar-refractivity contribution in [1.82, 2.24) is 4.98 Å². The van der Waals surface area contributed by atoms with Crippen molar-refractivity contribution in [3.05, 3.63) is 23.0 Å².